The molecule has 0 radical (unpaired) electrons. The van der Waals surface area contributed by atoms with Gasteiger partial charge in [0.25, 0.3) is 5.91 Å². The highest BCUT2D eigenvalue weighted by Gasteiger charge is 2.29. The number of halogens is 1. The largest absolute Gasteiger partial charge is 0.481 e. The fourth-order valence-electron chi connectivity index (χ4n) is 3.79. The van der Waals surface area contributed by atoms with Gasteiger partial charge in [-0.25, -0.2) is 4.39 Å². The quantitative estimate of drug-likeness (QED) is 0.423. The second-order valence-electron chi connectivity index (χ2n) is 7.52. The van der Waals surface area contributed by atoms with Gasteiger partial charge in [0.05, 0.1) is 23.4 Å². The van der Waals surface area contributed by atoms with Crippen LogP contribution in [0.4, 0.5) is 15.8 Å². The minimum absolute atomic E-state index is 0.137. The van der Waals surface area contributed by atoms with Crippen LogP contribution in [0.15, 0.2) is 66.7 Å². The number of rotatable bonds is 7. The molecule has 7 heteroatoms. The predicted molar refractivity (Wildman–Crippen MR) is 122 cm³/mol. The third kappa shape index (κ3) is 4.53. The molecule has 3 aromatic rings. The molecule has 1 aliphatic heterocycles. The summed E-state index contributed by atoms with van der Waals surface area (Å²) in [5.74, 6) is -1.74. The van der Waals surface area contributed by atoms with Crippen LogP contribution in [0.25, 0.3) is 11.3 Å². The van der Waals surface area contributed by atoms with Crippen LogP contribution in [0.2, 0.25) is 0 Å². The Morgan fingerprint density at radius 3 is 2.59 bits per heavy atom. The van der Waals surface area contributed by atoms with Gasteiger partial charge in [0, 0.05) is 17.8 Å². The van der Waals surface area contributed by atoms with Crippen LogP contribution in [0.5, 0.6) is 0 Å². The minimum atomic E-state index is -0.941. The van der Waals surface area contributed by atoms with Gasteiger partial charge in [0.15, 0.2) is 0 Å². The van der Waals surface area contributed by atoms with Crippen molar-refractivity contribution in [1.29, 1.82) is 0 Å². The molecule has 1 heterocycles. The van der Waals surface area contributed by atoms with Crippen LogP contribution in [-0.2, 0) is 22.6 Å². The summed E-state index contributed by atoms with van der Waals surface area (Å²) in [7, 11) is 1.86. The summed E-state index contributed by atoms with van der Waals surface area (Å²) >= 11 is 0. The van der Waals surface area contributed by atoms with Gasteiger partial charge in [-0.3, -0.25) is 9.59 Å². The molecule has 0 atom stereocenters. The third-order valence-electron chi connectivity index (χ3n) is 5.12. The van der Waals surface area contributed by atoms with Crippen molar-refractivity contribution in [3.8, 4) is 0 Å². The first-order chi connectivity index (χ1) is 15.4. The normalized spacial score (nSPS) is 14.0. The molecule has 0 spiro atoms. The predicted octanol–water partition coefficient (Wildman–Crippen LogP) is 4.10. The van der Waals surface area contributed by atoms with Crippen molar-refractivity contribution >= 4 is 34.5 Å². The molecule has 6 nitrogen and oxygen atoms in total. The Bertz CT molecular complexity index is 1240. The Labute approximate surface area is 184 Å². The van der Waals surface area contributed by atoms with Gasteiger partial charge in [-0.1, -0.05) is 30.3 Å². The molecule has 0 aliphatic carbocycles. The lowest BCUT2D eigenvalue weighted by atomic mass is 9.98. The Morgan fingerprint density at radius 2 is 1.81 bits per heavy atom. The van der Waals surface area contributed by atoms with Gasteiger partial charge < -0.3 is 21.1 Å². The van der Waals surface area contributed by atoms with E-state index in [4.69, 9.17) is 0 Å². The van der Waals surface area contributed by atoms with E-state index in [0.717, 1.165) is 11.3 Å². The molecule has 0 saturated carbocycles. The standard InChI is InChI=1S/C25H22FN3O3/c1-27-14-16-5-3-7-19(11-16)28-24(17-6-2-4-15(10-17)12-22(30)31)23-20-9-8-18(26)13-21(20)29-25(23)32/h2-11,13,27-28H,12,14H2,1H3,(H,29,32)(H,30,31)/b24-23-. The minimum Gasteiger partial charge on any atom is -0.481 e. The number of aliphatic carboxylic acids is 1. The number of fused-ring (bicyclic) bond motifs is 1. The van der Waals surface area contributed by atoms with E-state index in [2.05, 4.69) is 16.0 Å². The zero-order chi connectivity index (χ0) is 22.7. The Balaban J connectivity index is 1.87. The molecule has 1 amide bonds. The number of carboxylic acids is 1. The lowest BCUT2D eigenvalue weighted by Gasteiger charge is -2.16. The van der Waals surface area contributed by atoms with Gasteiger partial charge >= 0.3 is 5.97 Å². The van der Waals surface area contributed by atoms with Gasteiger partial charge in [-0.2, -0.15) is 0 Å². The van der Waals surface area contributed by atoms with Crippen molar-refractivity contribution in [2.24, 2.45) is 0 Å². The number of benzene rings is 3. The topological polar surface area (TPSA) is 90.5 Å². The molecule has 3 aromatic carbocycles. The summed E-state index contributed by atoms with van der Waals surface area (Å²) in [5, 5.41) is 18.4. The summed E-state index contributed by atoms with van der Waals surface area (Å²) in [6.07, 6.45) is -0.137. The first kappa shape index (κ1) is 21.3. The first-order valence-corrected chi connectivity index (χ1v) is 10.1. The Hall–Kier alpha value is -3.97. The maximum atomic E-state index is 13.7. The van der Waals surface area contributed by atoms with Crippen LogP contribution in [0.3, 0.4) is 0 Å². The molecule has 0 saturated heterocycles. The molecule has 0 fully saturated rings. The van der Waals surface area contributed by atoms with Crippen LogP contribution >= 0.6 is 0 Å². The smallest absolute Gasteiger partial charge is 0.307 e. The van der Waals surface area contributed by atoms with Crippen molar-refractivity contribution in [3.05, 3.63) is 94.8 Å². The molecule has 4 N–H and O–H groups in total. The van der Waals surface area contributed by atoms with Crippen molar-refractivity contribution in [1.82, 2.24) is 5.32 Å². The molecule has 162 valence electrons. The number of carbonyl (C=O) groups is 2. The third-order valence-corrected chi connectivity index (χ3v) is 5.12. The fourth-order valence-corrected chi connectivity index (χ4v) is 3.79. The average molecular weight is 431 g/mol. The highest BCUT2D eigenvalue weighted by molar-refractivity contribution is 6.37. The summed E-state index contributed by atoms with van der Waals surface area (Å²) in [5.41, 5.74) is 4.95. The summed E-state index contributed by atoms with van der Waals surface area (Å²) in [6.45, 7) is 0.679. The highest BCUT2D eigenvalue weighted by atomic mass is 19.1. The van der Waals surface area contributed by atoms with E-state index in [-0.39, 0.29) is 12.3 Å². The number of hydrogen-bond donors (Lipinski definition) is 4. The maximum absolute atomic E-state index is 13.7. The van der Waals surface area contributed by atoms with Crippen LogP contribution in [-0.4, -0.2) is 24.0 Å². The maximum Gasteiger partial charge on any atom is 0.307 e. The SMILES string of the molecule is CNCc1cccc(N/C(=C2\C(=O)Nc3cc(F)ccc32)c2cccc(CC(=O)O)c2)c1. The van der Waals surface area contributed by atoms with Crippen LogP contribution in [0, 0.1) is 5.82 Å². The van der Waals surface area contributed by atoms with Gasteiger partial charge in [-0.15, -0.1) is 0 Å². The number of amides is 1. The molecular formula is C25H22FN3O3. The molecule has 0 unspecified atom stereocenters. The molecule has 1 aliphatic rings. The average Bonchev–Trinajstić information content (AvgIpc) is 3.07. The van der Waals surface area contributed by atoms with Crippen molar-refractivity contribution < 1.29 is 19.1 Å². The van der Waals surface area contributed by atoms with Crippen molar-refractivity contribution in [3.63, 3.8) is 0 Å². The van der Waals surface area contributed by atoms with Gasteiger partial charge in [-0.05, 0) is 60.1 Å². The number of anilines is 2. The van der Waals surface area contributed by atoms with E-state index in [9.17, 15) is 19.1 Å². The van der Waals surface area contributed by atoms with E-state index < -0.39 is 11.8 Å². The Kier molecular flexibility index (Phi) is 6.00. The van der Waals surface area contributed by atoms with E-state index in [0.29, 0.717) is 40.2 Å². The van der Waals surface area contributed by atoms with Gasteiger partial charge in [0.2, 0.25) is 0 Å². The summed E-state index contributed by atoms with van der Waals surface area (Å²) < 4.78 is 13.7. The Morgan fingerprint density at radius 1 is 1.03 bits per heavy atom. The molecule has 32 heavy (non-hydrogen) atoms. The second kappa shape index (κ2) is 9.03. The van der Waals surface area contributed by atoms with E-state index in [1.165, 1.54) is 12.1 Å². The fraction of sp³-hybridized carbons (Fsp3) is 0.120. The van der Waals surface area contributed by atoms with E-state index in [1.807, 2.05) is 37.4 Å². The van der Waals surface area contributed by atoms with Gasteiger partial charge in [0.1, 0.15) is 5.82 Å². The molecular weight excluding hydrogens is 409 g/mol. The van der Waals surface area contributed by atoms with Crippen LogP contribution < -0.4 is 16.0 Å². The second-order valence-corrected chi connectivity index (χ2v) is 7.52. The zero-order valence-electron chi connectivity index (χ0n) is 17.4. The van der Waals surface area contributed by atoms with Crippen molar-refractivity contribution in [2.45, 2.75) is 13.0 Å². The summed E-state index contributed by atoms with van der Waals surface area (Å²) in [4.78, 5) is 24.2. The molecule has 0 aromatic heterocycles. The molecule has 0 bridgehead atoms. The van der Waals surface area contributed by atoms with Crippen LogP contribution in [0.1, 0.15) is 22.3 Å². The number of carboxylic acid groups (broad SMARTS) is 1. The first-order valence-electron chi connectivity index (χ1n) is 10.1. The number of hydrogen-bond acceptors (Lipinski definition) is 4. The lowest BCUT2D eigenvalue weighted by molar-refractivity contribution is -0.136. The van der Waals surface area contributed by atoms with Crippen molar-refractivity contribution in [2.75, 3.05) is 17.7 Å². The monoisotopic (exact) mass is 431 g/mol. The summed E-state index contributed by atoms with van der Waals surface area (Å²) in [6, 6.07) is 19.0. The lowest BCUT2D eigenvalue weighted by Crippen LogP contribution is -2.11. The number of carbonyl (C=O) groups excluding carboxylic acids is 1. The van der Waals surface area contributed by atoms with E-state index in [1.54, 1.807) is 24.3 Å². The highest BCUT2D eigenvalue weighted by Crippen LogP contribution is 2.38. The zero-order valence-corrected chi connectivity index (χ0v) is 17.4. The molecule has 4 rings (SSSR count). The number of nitrogens with one attached hydrogen (secondary N) is 3. The van der Waals surface area contributed by atoms with E-state index >= 15 is 0 Å².